The van der Waals surface area contributed by atoms with Gasteiger partial charge in [0.25, 0.3) is 0 Å². The number of para-hydroxylation sites is 2. The van der Waals surface area contributed by atoms with Crippen LogP contribution in [-0.4, -0.2) is 0 Å². The summed E-state index contributed by atoms with van der Waals surface area (Å²) in [5.41, 5.74) is 16.6. The van der Waals surface area contributed by atoms with Crippen molar-refractivity contribution in [1.29, 1.82) is 0 Å². The van der Waals surface area contributed by atoms with Crippen molar-refractivity contribution in [2.45, 2.75) is 19.3 Å². The third-order valence-electron chi connectivity index (χ3n) is 12.6. The Labute approximate surface area is 358 Å². The van der Waals surface area contributed by atoms with E-state index >= 15 is 0 Å². The van der Waals surface area contributed by atoms with Gasteiger partial charge in [0.1, 0.15) is 0 Å². The van der Waals surface area contributed by atoms with Gasteiger partial charge in [-0.3, -0.25) is 0 Å². The SMILES string of the molecule is CC1(C)c2ccccc2-c2cc3c(N(c4ccccc4)c4ccc(-c5ccccc5)cc4)c4ccccc4c(N(c4ccccc4)c4ccc(-c5ccccc5)cc4)c3cc21. The van der Waals surface area contributed by atoms with E-state index in [1.807, 2.05) is 0 Å². The van der Waals surface area contributed by atoms with E-state index in [1.54, 1.807) is 0 Å². The molecule has 2 nitrogen and oxygen atoms in total. The van der Waals surface area contributed by atoms with Crippen LogP contribution in [0.4, 0.5) is 34.1 Å². The molecule has 0 heterocycles. The fraction of sp³-hybridized carbons (Fsp3) is 0.0508. The Bertz CT molecular complexity index is 3170. The van der Waals surface area contributed by atoms with Gasteiger partial charge >= 0.3 is 0 Å². The van der Waals surface area contributed by atoms with Crippen LogP contribution < -0.4 is 9.80 Å². The second-order valence-electron chi connectivity index (χ2n) is 16.5. The average Bonchev–Trinajstić information content (AvgIpc) is 3.55. The molecular weight excluding hydrogens is 737 g/mol. The number of hydrogen-bond acceptors (Lipinski definition) is 2. The maximum Gasteiger partial charge on any atom is 0.0620 e. The van der Waals surface area contributed by atoms with Crippen LogP contribution in [0.3, 0.4) is 0 Å². The number of anilines is 6. The van der Waals surface area contributed by atoms with Crippen molar-refractivity contribution >= 4 is 55.7 Å². The summed E-state index contributed by atoms with van der Waals surface area (Å²) in [5.74, 6) is 0. The zero-order valence-corrected chi connectivity index (χ0v) is 34.3. The molecule has 0 aliphatic heterocycles. The number of benzene rings is 10. The second kappa shape index (κ2) is 14.9. The monoisotopic (exact) mass is 780 g/mol. The summed E-state index contributed by atoms with van der Waals surface area (Å²) in [6.45, 7) is 4.76. The molecule has 1 aliphatic carbocycles. The fourth-order valence-electron chi connectivity index (χ4n) is 9.64. The lowest BCUT2D eigenvalue weighted by molar-refractivity contribution is 0.661. The van der Waals surface area contributed by atoms with Crippen LogP contribution in [0.15, 0.2) is 231 Å². The third-order valence-corrected chi connectivity index (χ3v) is 12.6. The number of nitrogens with zero attached hydrogens (tertiary/aromatic N) is 2. The molecule has 290 valence electrons. The Morgan fingerprint density at radius 2 is 0.639 bits per heavy atom. The standard InChI is InChI=1S/C59H44N2/c1-59(2)55-30-18-17-27-49(55)52-39-53-54(40-56(52)59)58(61(46-25-13-6-14-26-46)48-37-33-44(34-38-48)42-21-9-4-10-22-42)51-29-16-15-28-50(51)57(53)60(45-23-11-5-12-24-45)47-35-31-43(32-36-47)41-19-7-3-8-20-41/h3-40H,1-2H3. The second-order valence-corrected chi connectivity index (χ2v) is 16.5. The van der Waals surface area contributed by atoms with E-state index in [0.717, 1.165) is 34.1 Å². The molecule has 0 N–H and O–H groups in total. The Balaban J connectivity index is 1.24. The van der Waals surface area contributed by atoms with E-state index in [1.165, 1.54) is 66.1 Å². The van der Waals surface area contributed by atoms with Crippen LogP contribution >= 0.6 is 0 Å². The summed E-state index contributed by atoms with van der Waals surface area (Å²) in [4.78, 5) is 4.95. The van der Waals surface area contributed by atoms with E-state index < -0.39 is 0 Å². The molecule has 10 aromatic carbocycles. The van der Waals surface area contributed by atoms with Crippen LogP contribution in [0.1, 0.15) is 25.0 Å². The molecular formula is C59H44N2. The van der Waals surface area contributed by atoms with Crippen LogP contribution in [0.5, 0.6) is 0 Å². The molecule has 0 aromatic heterocycles. The minimum Gasteiger partial charge on any atom is -0.309 e. The smallest absolute Gasteiger partial charge is 0.0620 e. The molecule has 0 spiro atoms. The summed E-state index contributed by atoms with van der Waals surface area (Å²) in [6, 6.07) is 84.2. The van der Waals surface area contributed by atoms with Crippen molar-refractivity contribution < 1.29 is 0 Å². The van der Waals surface area contributed by atoms with Gasteiger partial charge in [-0.15, -0.1) is 0 Å². The number of rotatable bonds is 8. The summed E-state index contributed by atoms with van der Waals surface area (Å²) in [7, 11) is 0. The Morgan fingerprint density at radius 3 is 1.11 bits per heavy atom. The first-order valence-electron chi connectivity index (χ1n) is 21.2. The van der Waals surface area contributed by atoms with E-state index in [0.29, 0.717) is 0 Å². The topological polar surface area (TPSA) is 6.48 Å². The van der Waals surface area contributed by atoms with Gasteiger partial charge < -0.3 is 9.80 Å². The third kappa shape index (κ3) is 6.19. The molecule has 0 fully saturated rings. The predicted octanol–water partition coefficient (Wildman–Crippen LogP) is 16.6. The minimum atomic E-state index is -0.190. The predicted molar refractivity (Wildman–Crippen MR) is 259 cm³/mol. The first-order chi connectivity index (χ1) is 30.0. The minimum absolute atomic E-state index is 0.190. The zero-order chi connectivity index (χ0) is 40.9. The molecule has 61 heavy (non-hydrogen) atoms. The Hall–Kier alpha value is -7.68. The lowest BCUT2D eigenvalue weighted by Gasteiger charge is -2.33. The molecule has 0 bridgehead atoms. The molecule has 0 saturated carbocycles. The maximum atomic E-state index is 2.52. The molecule has 0 radical (unpaired) electrons. The van der Waals surface area contributed by atoms with Crippen molar-refractivity contribution in [1.82, 2.24) is 0 Å². The molecule has 10 aromatic rings. The quantitative estimate of drug-likeness (QED) is 0.112. The molecule has 0 unspecified atom stereocenters. The van der Waals surface area contributed by atoms with Crippen LogP contribution in [0, 0.1) is 0 Å². The van der Waals surface area contributed by atoms with Crippen LogP contribution in [0.2, 0.25) is 0 Å². The highest BCUT2D eigenvalue weighted by atomic mass is 15.2. The van der Waals surface area contributed by atoms with Crippen molar-refractivity contribution in [2.75, 3.05) is 9.80 Å². The van der Waals surface area contributed by atoms with Gasteiger partial charge in [-0.1, -0.05) is 184 Å². The van der Waals surface area contributed by atoms with Gasteiger partial charge in [0, 0.05) is 49.7 Å². The first kappa shape index (κ1) is 36.4. The van der Waals surface area contributed by atoms with Gasteiger partial charge in [0.15, 0.2) is 0 Å². The molecule has 0 saturated heterocycles. The van der Waals surface area contributed by atoms with Gasteiger partial charge in [-0.05, 0) is 105 Å². The summed E-state index contributed by atoms with van der Waals surface area (Å²) in [5, 5.41) is 4.74. The van der Waals surface area contributed by atoms with Crippen molar-refractivity contribution in [3.8, 4) is 33.4 Å². The summed E-state index contributed by atoms with van der Waals surface area (Å²) in [6.07, 6.45) is 0. The maximum absolute atomic E-state index is 2.52. The van der Waals surface area contributed by atoms with Gasteiger partial charge in [0.05, 0.1) is 11.4 Å². The average molecular weight is 781 g/mol. The lowest BCUT2D eigenvalue weighted by Crippen LogP contribution is -2.17. The number of hydrogen-bond donors (Lipinski definition) is 0. The van der Waals surface area contributed by atoms with Gasteiger partial charge in [0.2, 0.25) is 0 Å². The van der Waals surface area contributed by atoms with Crippen LogP contribution in [0.25, 0.3) is 54.9 Å². The number of fused-ring (bicyclic) bond motifs is 5. The fourth-order valence-corrected chi connectivity index (χ4v) is 9.64. The van der Waals surface area contributed by atoms with Crippen molar-refractivity contribution in [2.24, 2.45) is 0 Å². The summed E-state index contributed by atoms with van der Waals surface area (Å²) >= 11 is 0. The normalized spacial score (nSPS) is 12.6. The van der Waals surface area contributed by atoms with Crippen molar-refractivity contribution in [3.05, 3.63) is 242 Å². The van der Waals surface area contributed by atoms with E-state index in [4.69, 9.17) is 0 Å². The first-order valence-corrected chi connectivity index (χ1v) is 21.2. The molecule has 11 rings (SSSR count). The van der Waals surface area contributed by atoms with E-state index in [9.17, 15) is 0 Å². The summed E-state index contributed by atoms with van der Waals surface area (Å²) < 4.78 is 0. The Kier molecular flexibility index (Phi) is 8.86. The van der Waals surface area contributed by atoms with E-state index in [2.05, 4.69) is 254 Å². The van der Waals surface area contributed by atoms with Crippen LogP contribution in [-0.2, 0) is 5.41 Å². The molecule has 1 aliphatic rings. The van der Waals surface area contributed by atoms with Gasteiger partial charge in [-0.25, -0.2) is 0 Å². The Morgan fingerprint density at radius 1 is 0.279 bits per heavy atom. The van der Waals surface area contributed by atoms with Gasteiger partial charge in [-0.2, -0.15) is 0 Å². The lowest BCUT2D eigenvalue weighted by atomic mass is 9.81. The largest absolute Gasteiger partial charge is 0.309 e. The van der Waals surface area contributed by atoms with Crippen molar-refractivity contribution in [3.63, 3.8) is 0 Å². The molecule has 0 atom stereocenters. The zero-order valence-electron chi connectivity index (χ0n) is 34.3. The highest BCUT2D eigenvalue weighted by molar-refractivity contribution is 6.24. The molecule has 2 heteroatoms. The highest BCUT2D eigenvalue weighted by Crippen LogP contribution is 2.56. The van der Waals surface area contributed by atoms with E-state index in [-0.39, 0.29) is 5.41 Å². The highest BCUT2D eigenvalue weighted by Gasteiger charge is 2.37. The molecule has 0 amide bonds.